The lowest BCUT2D eigenvalue weighted by Crippen LogP contribution is -2.46. The van der Waals surface area contributed by atoms with E-state index in [2.05, 4.69) is 9.97 Å². The van der Waals surface area contributed by atoms with Gasteiger partial charge in [0, 0.05) is 6.54 Å². The van der Waals surface area contributed by atoms with E-state index in [0.29, 0.717) is 18.3 Å². The largest absolute Gasteiger partial charge is 0.480 e. The van der Waals surface area contributed by atoms with Crippen LogP contribution in [0.15, 0.2) is 12.4 Å². The maximum Gasteiger partial charge on any atom is 0.240 e. The quantitative estimate of drug-likeness (QED) is 0.788. The summed E-state index contributed by atoms with van der Waals surface area (Å²) in [5.41, 5.74) is 0. The molecular weight excluding hydrogens is 282 g/mol. The van der Waals surface area contributed by atoms with E-state index < -0.39 is 5.38 Å². The number of piperidine rings is 1. The molecule has 0 aliphatic carbocycles. The van der Waals surface area contributed by atoms with Gasteiger partial charge in [0.15, 0.2) is 0 Å². The molecule has 1 amide bonds. The summed E-state index contributed by atoms with van der Waals surface area (Å²) >= 11 is 5.84. The molecule has 0 radical (unpaired) electrons. The summed E-state index contributed by atoms with van der Waals surface area (Å²) in [6, 6.07) is 0. The molecular formula is C13H18ClN3O3. The van der Waals surface area contributed by atoms with Gasteiger partial charge in [0.2, 0.25) is 17.7 Å². The van der Waals surface area contributed by atoms with Crippen LogP contribution in [-0.2, 0) is 4.79 Å². The third kappa shape index (κ3) is 3.72. The number of halogens is 1. The van der Waals surface area contributed by atoms with Crippen LogP contribution < -0.4 is 9.47 Å². The van der Waals surface area contributed by atoms with E-state index in [1.165, 1.54) is 19.5 Å². The Morgan fingerprint density at radius 2 is 2.25 bits per heavy atom. The molecule has 6 nitrogen and oxygen atoms in total. The molecule has 0 aromatic carbocycles. The van der Waals surface area contributed by atoms with Crippen LogP contribution in [0.4, 0.5) is 0 Å². The molecule has 1 aromatic heterocycles. The van der Waals surface area contributed by atoms with Gasteiger partial charge in [0.05, 0.1) is 26.0 Å². The topological polar surface area (TPSA) is 64.6 Å². The van der Waals surface area contributed by atoms with Crippen LogP contribution in [0, 0.1) is 0 Å². The van der Waals surface area contributed by atoms with E-state index in [9.17, 15) is 4.79 Å². The number of hydrogen-bond donors (Lipinski definition) is 0. The first-order valence-corrected chi connectivity index (χ1v) is 6.99. The highest BCUT2D eigenvalue weighted by atomic mass is 35.5. The van der Waals surface area contributed by atoms with Crippen molar-refractivity contribution in [2.45, 2.75) is 31.2 Å². The van der Waals surface area contributed by atoms with Crippen LogP contribution >= 0.6 is 11.6 Å². The summed E-state index contributed by atoms with van der Waals surface area (Å²) in [6.45, 7) is 2.93. The molecule has 1 fully saturated rings. The van der Waals surface area contributed by atoms with Gasteiger partial charge in [-0.15, -0.1) is 11.6 Å². The summed E-state index contributed by atoms with van der Waals surface area (Å²) in [6.07, 6.45) is 4.72. The fourth-order valence-electron chi connectivity index (χ4n) is 2.14. The minimum absolute atomic E-state index is 0.0586. The number of aromatic nitrogens is 2. The number of ether oxygens (including phenoxy) is 2. The van der Waals surface area contributed by atoms with Crippen LogP contribution in [0.2, 0.25) is 0 Å². The zero-order valence-corrected chi connectivity index (χ0v) is 12.3. The smallest absolute Gasteiger partial charge is 0.240 e. The van der Waals surface area contributed by atoms with Gasteiger partial charge in [-0.1, -0.05) is 0 Å². The maximum absolute atomic E-state index is 11.9. The van der Waals surface area contributed by atoms with E-state index in [1.54, 1.807) is 11.8 Å². The number of carbonyl (C=O) groups excluding carboxylic acids is 1. The Kier molecular flexibility index (Phi) is 5.00. The second-order valence-corrected chi connectivity index (χ2v) is 5.34. The molecule has 0 bridgehead atoms. The first-order chi connectivity index (χ1) is 9.60. The molecule has 2 rings (SSSR count). The van der Waals surface area contributed by atoms with E-state index in [0.717, 1.165) is 19.4 Å². The van der Waals surface area contributed by atoms with Crippen molar-refractivity contribution >= 4 is 17.5 Å². The van der Waals surface area contributed by atoms with Gasteiger partial charge in [-0.05, 0) is 19.8 Å². The zero-order valence-electron chi connectivity index (χ0n) is 11.6. The lowest BCUT2D eigenvalue weighted by atomic mass is 10.1. The SMILES string of the molecule is COc1cncc(OC2CCCN(C(=O)C(C)Cl)C2)n1. The molecule has 1 saturated heterocycles. The van der Waals surface area contributed by atoms with Gasteiger partial charge >= 0.3 is 0 Å². The number of likely N-dealkylation sites (tertiary alicyclic amines) is 1. The Labute approximate surface area is 123 Å². The Bertz CT molecular complexity index is 470. The van der Waals surface area contributed by atoms with Gasteiger partial charge < -0.3 is 14.4 Å². The van der Waals surface area contributed by atoms with Crippen LogP contribution in [-0.4, -0.2) is 52.5 Å². The third-order valence-corrected chi connectivity index (χ3v) is 3.30. The van der Waals surface area contributed by atoms with E-state index in [-0.39, 0.29) is 12.0 Å². The molecule has 0 saturated carbocycles. The number of nitrogens with zero attached hydrogens (tertiary/aromatic N) is 3. The highest BCUT2D eigenvalue weighted by molar-refractivity contribution is 6.30. The first-order valence-electron chi connectivity index (χ1n) is 6.55. The van der Waals surface area contributed by atoms with Gasteiger partial charge in [0.25, 0.3) is 0 Å². The van der Waals surface area contributed by atoms with Crippen LogP contribution in [0.1, 0.15) is 19.8 Å². The van der Waals surface area contributed by atoms with Crippen LogP contribution in [0.5, 0.6) is 11.8 Å². The number of carbonyl (C=O) groups is 1. The average Bonchev–Trinajstić information content (AvgIpc) is 2.47. The molecule has 110 valence electrons. The Morgan fingerprint density at radius 1 is 1.50 bits per heavy atom. The highest BCUT2D eigenvalue weighted by Crippen LogP contribution is 2.19. The lowest BCUT2D eigenvalue weighted by Gasteiger charge is -2.33. The summed E-state index contributed by atoms with van der Waals surface area (Å²) in [5, 5.41) is -0.509. The average molecular weight is 300 g/mol. The summed E-state index contributed by atoms with van der Waals surface area (Å²) in [7, 11) is 1.52. The van der Waals surface area contributed by atoms with Crippen molar-refractivity contribution in [3.05, 3.63) is 12.4 Å². The minimum atomic E-state index is -0.509. The molecule has 2 heterocycles. The van der Waals surface area contributed by atoms with E-state index in [1.807, 2.05) is 0 Å². The van der Waals surface area contributed by atoms with Gasteiger partial charge in [-0.25, -0.2) is 0 Å². The summed E-state index contributed by atoms with van der Waals surface area (Å²) < 4.78 is 10.8. The standard InChI is InChI=1S/C13H18ClN3O3/c1-9(14)13(18)17-5-3-4-10(8-17)20-12-7-15-6-11(16-12)19-2/h6-7,9-10H,3-5,8H2,1-2H3. The monoisotopic (exact) mass is 299 g/mol. The molecule has 0 N–H and O–H groups in total. The summed E-state index contributed by atoms with van der Waals surface area (Å²) in [5.74, 6) is 0.750. The second-order valence-electron chi connectivity index (χ2n) is 4.68. The van der Waals surface area contributed by atoms with Crippen molar-refractivity contribution in [3.8, 4) is 11.8 Å². The number of alkyl halides is 1. The van der Waals surface area contributed by atoms with Crippen molar-refractivity contribution in [3.63, 3.8) is 0 Å². The Balaban J connectivity index is 1.97. The molecule has 7 heteroatoms. The number of hydrogen-bond acceptors (Lipinski definition) is 5. The van der Waals surface area contributed by atoms with Crippen LogP contribution in [0.3, 0.4) is 0 Å². The molecule has 2 unspecified atom stereocenters. The second kappa shape index (κ2) is 6.74. The first kappa shape index (κ1) is 14.8. The normalized spacial score (nSPS) is 20.4. The van der Waals surface area contributed by atoms with Crippen molar-refractivity contribution in [2.75, 3.05) is 20.2 Å². The van der Waals surface area contributed by atoms with E-state index >= 15 is 0 Å². The van der Waals surface area contributed by atoms with Crippen molar-refractivity contribution < 1.29 is 14.3 Å². The molecule has 1 aliphatic rings. The molecule has 2 atom stereocenters. The Hall–Kier alpha value is -1.56. The molecule has 1 aliphatic heterocycles. The molecule has 1 aromatic rings. The third-order valence-electron chi connectivity index (χ3n) is 3.12. The lowest BCUT2D eigenvalue weighted by molar-refractivity contribution is -0.133. The van der Waals surface area contributed by atoms with E-state index in [4.69, 9.17) is 21.1 Å². The molecule has 0 spiro atoms. The molecule has 20 heavy (non-hydrogen) atoms. The predicted octanol–water partition coefficient (Wildman–Crippen LogP) is 1.48. The highest BCUT2D eigenvalue weighted by Gasteiger charge is 2.27. The van der Waals surface area contributed by atoms with Gasteiger partial charge in [-0.2, -0.15) is 4.98 Å². The van der Waals surface area contributed by atoms with Gasteiger partial charge in [0.1, 0.15) is 11.5 Å². The maximum atomic E-state index is 11.9. The van der Waals surface area contributed by atoms with Gasteiger partial charge in [-0.3, -0.25) is 9.78 Å². The summed E-state index contributed by atoms with van der Waals surface area (Å²) in [4.78, 5) is 21.8. The number of rotatable bonds is 4. The fraction of sp³-hybridized carbons (Fsp3) is 0.615. The van der Waals surface area contributed by atoms with Crippen molar-refractivity contribution in [1.29, 1.82) is 0 Å². The predicted molar refractivity (Wildman–Crippen MR) is 74.1 cm³/mol. The number of methoxy groups -OCH3 is 1. The van der Waals surface area contributed by atoms with Crippen molar-refractivity contribution in [2.24, 2.45) is 0 Å². The van der Waals surface area contributed by atoms with Crippen LogP contribution in [0.25, 0.3) is 0 Å². The fourth-order valence-corrected chi connectivity index (χ4v) is 2.28. The zero-order chi connectivity index (χ0) is 14.5. The van der Waals surface area contributed by atoms with Crippen molar-refractivity contribution in [1.82, 2.24) is 14.9 Å². The Morgan fingerprint density at radius 3 is 2.95 bits per heavy atom. The number of amides is 1. The minimum Gasteiger partial charge on any atom is -0.480 e.